The van der Waals surface area contributed by atoms with Gasteiger partial charge in [-0.15, -0.1) is 11.3 Å². The summed E-state index contributed by atoms with van der Waals surface area (Å²) in [6, 6.07) is 3.63. The van der Waals surface area contributed by atoms with Crippen molar-refractivity contribution in [2.45, 2.75) is 39.5 Å². The van der Waals surface area contributed by atoms with Crippen LogP contribution in [0, 0.1) is 17.8 Å². The van der Waals surface area contributed by atoms with E-state index in [0.717, 1.165) is 12.8 Å². The van der Waals surface area contributed by atoms with E-state index < -0.39 is 17.9 Å². The van der Waals surface area contributed by atoms with Crippen molar-refractivity contribution in [2.75, 3.05) is 13.2 Å². The molecule has 0 bridgehead atoms. The number of hydrogen-bond acceptors (Lipinski definition) is 6. The van der Waals surface area contributed by atoms with Gasteiger partial charge in [-0.25, -0.2) is 0 Å². The van der Waals surface area contributed by atoms with E-state index in [-0.39, 0.29) is 30.8 Å². The van der Waals surface area contributed by atoms with Crippen molar-refractivity contribution in [3.05, 3.63) is 22.4 Å². The van der Waals surface area contributed by atoms with Crippen molar-refractivity contribution in [2.24, 2.45) is 17.8 Å². The van der Waals surface area contributed by atoms with E-state index in [1.807, 2.05) is 11.4 Å². The normalized spacial score (nSPS) is 20.6. The Morgan fingerprint density at radius 3 is 2.29 bits per heavy atom. The molecule has 0 N–H and O–H groups in total. The maximum Gasteiger partial charge on any atom is 0.320 e. The molecule has 0 aliphatic heterocycles. The molecule has 1 aliphatic carbocycles. The van der Waals surface area contributed by atoms with E-state index in [0.29, 0.717) is 17.7 Å². The summed E-state index contributed by atoms with van der Waals surface area (Å²) >= 11 is 1.39. The zero-order chi connectivity index (χ0) is 17.5. The van der Waals surface area contributed by atoms with Crippen molar-refractivity contribution >= 4 is 29.1 Å². The fourth-order valence-corrected chi connectivity index (χ4v) is 4.12. The zero-order valence-corrected chi connectivity index (χ0v) is 15.0. The van der Waals surface area contributed by atoms with Gasteiger partial charge in [0.05, 0.1) is 18.1 Å². The minimum atomic E-state index is -1.01. The van der Waals surface area contributed by atoms with Crippen LogP contribution in [0.15, 0.2) is 17.5 Å². The summed E-state index contributed by atoms with van der Waals surface area (Å²) in [5.74, 6) is -2.84. The number of esters is 2. The third-order valence-corrected chi connectivity index (χ3v) is 5.31. The Kier molecular flexibility index (Phi) is 6.97. The van der Waals surface area contributed by atoms with E-state index in [2.05, 4.69) is 0 Å². The van der Waals surface area contributed by atoms with Crippen molar-refractivity contribution in [1.82, 2.24) is 0 Å². The first-order valence-electron chi connectivity index (χ1n) is 8.51. The molecule has 6 heteroatoms. The molecule has 0 radical (unpaired) electrons. The Bertz CT molecular complexity index is 548. The quantitative estimate of drug-likeness (QED) is 0.427. The van der Waals surface area contributed by atoms with Crippen LogP contribution < -0.4 is 0 Å². The second-order valence-electron chi connectivity index (χ2n) is 5.88. The van der Waals surface area contributed by atoms with Gasteiger partial charge in [0.2, 0.25) is 0 Å². The van der Waals surface area contributed by atoms with Crippen LogP contribution in [-0.2, 0) is 19.1 Å². The third kappa shape index (κ3) is 4.23. The molecule has 5 nitrogen and oxygen atoms in total. The van der Waals surface area contributed by atoms with Gasteiger partial charge in [0, 0.05) is 5.92 Å². The predicted molar refractivity (Wildman–Crippen MR) is 90.9 cm³/mol. The largest absolute Gasteiger partial charge is 0.465 e. The Labute approximate surface area is 146 Å². The summed E-state index contributed by atoms with van der Waals surface area (Å²) < 4.78 is 10.2. The number of carbonyl (C=O) groups excluding carboxylic acids is 3. The first-order chi connectivity index (χ1) is 11.6. The zero-order valence-electron chi connectivity index (χ0n) is 14.2. The molecule has 132 valence electrons. The Morgan fingerprint density at radius 2 is 1.75 bits per heavy atom. The molecule has 1 saturated carbocycles. The molecular weight excluding hydrogens is 328 g/mol. The SMILES string of the molecule is CCOC(=O)C(C(=O)OCC)[C@H]1CCCC[C@@H]1C(=O)c1cccs1. The van der Waals surface area contributed by atoms with Gasteiger partial charge in [0.25, 0.3) is 0 Å². The van der Waals surface area contributed by atoms with Crippen molar-refractivity contribution in [1.29, 1.82) is 0 Å². The van der Waals surface area contributed by atoms with Crippen LogP contribution in [0.2, 0.25) is 0 Å². The molecule has 1 heterocycles. The Hall–Kier alpha value is -1.69. The maximum atomic E-state index is 12.8. The molecule has 1 aliphatic rings. The lowest BCUT2D eigenvalue weighted by atomic mass is 9.70. The van der Waals surface area contributed by atoms with E-state index in [4.69, 9.17) is 9.47 Å². The molecule has 1 fully saturated rings. The summed E-state index contributed by atoms with van der Waals surface area (Å²) in [7, 11) is 0. The monoisotopic (exact) mass is 352 g/mol. The van der Waals surface area contributed by atoms with Gasteiger partial charge in [-0.1, -0.05) is 18.9 Å². The van der Waals surface area contributed by atoms with Gasteiger partial charge in [0.15, 0.2) is 11.7 Å². The summed E-state index contributed by atoms with van der Waals surface area (Å²) in [5.41, 5.74) is 0. The first-order valence-corrected chi connectivity index (χ1v) is 9.39. The number of rotatable bonds is 7. The van der Waals surface area contributed by atoms with E-state index in [9.17, 15) is 14.4 Å². The predicted octanol–water partition coefficient (Wildman–Crippen LogP) is 3.48. The lowest BCUT2D eigenvalue weighted by molar-refractivity contribution is -0.165. The van der Waals surface area contributed by atoms with Crippen LogP contribution in [0.1, 0.15) is 49.2 Å². The number of ketones is 1. The average Bonchev–Trinajstić information content (AvgIpc) is 3.10. The number of carbonyl (C=O) groups is 3. The number of thiophene rings is 1. The minimum Gasteiger partial charge on any atom is -0.465 e. The van der Waals surface area contributed by atoms with E-state index in [1.54, 1.807) is 19.9 Å². The highest BCUT2D eigenvalue weighted by molar-refractivity contribution is 7.12. The molecule has 0 unspecified atom stereocenters. The molecule has 24 heavy (non-hydrogen) atoms. The van der Waals surface area contributed by atoms with Crippen LogP contribution in [0.5, 0.6) is 0 Å². The minimum absolute atomic E-state index is 0.0216. The summed E-state index contributed by atoms with van der Waals surface area (Å²) in [4.78, 5) is 38.3. The van der Waals surface area contributed by atoms with Gasteiger partial charge < -0.3 is 9.47 Å². The molecule has 2 rings (SSSR count). The second-order valence-corrected chi connectivity index (χ2v) is 6.83. The Morgan fingerprint density at radius 1 is 1.12 bits per heavy atom. The van der Waals surface area contributed by atoms with Crippen molar-refractivity contribution in [3.8, 4) is 0 Å². The van der Waals surface area contributed by atoms with Gasteiger partial charge in [-0.3, -0.25) is 14.4 Å². The standard InChI is InChI=1S/C18H24O5S/c1-3-22-17(20)15(18(21)23-4-2)12-8-5-6-9-13(12)16(19)14-10-7-11-24-14/h7,10-13,15H,3-6,8-9H2,1-2H3/t12-,13-/m0/s1. The molecule has 1 aromatic rings. The third-order valence-electron chi connectivity index (χ3n) is 4.43. The second kappa shape index (κ2) is 8.97. The van der Waals surface area contributed by atoms with Gasteiger partial charge >= 0.3 is 11.9 Å². The van der Waals surface area contributed by atoms with Crippen LogP contribution in [-0.4, -0.2) is 30.9 Å². The van der Waals surface area contributed by atoms with E-state index in [1.165, 1.54) is 11.3 Å². The fourth-order valence-electron chi connectivity index (χ4n) is 3.40. The number of Topliss-reactive ketones (excluding diaryl/α,β-unsaturated/α-hetero) is 1. The van der Waals surface area contributed by atoms with Gasteiger partial charge in [-0.05, 0) is 44.1 Å². The lowest BCUT2D eigenvalue weighted by Gasteiger charge is -2.33. The fraction of sp³-hybridized carbons (Fsp3) is 0.611. The topological polar surface area (TPSA) is 69.7 Å². The van der Waals surface area contributed by atoms with E-state index >= 15 is 0 Å². The maximum absolute atomic E-state index is 12.8. The van der Waals surface area contributed by atoms with Crippen LogP contribution in [0.3, 0.4) is 0 Å². The number of hydrogen-bond donors (Lipinski definition) is 0. The molecule has 1 aromatic heterocycles. The van der Waals surface area contributed by atoms with Gasteiger partial charge in [0.1, 0.15) is 0 Å². The molecule has 0 aromatic carbocycles. The average molecular weight is 352 g/mol. The van der Waals surface area contributed by atoms with Crippen molar-refractivity contribution in [3.63, 3.8) is 0 Å². The van der Waals surface area contributed by atoms with Crippen LogP contribution >= 0.6 is 11.3 Å². The summed E-state index contributed by atoms with van der Waals surface area (Å²) in [6.07, 6.45) is 3.17. The highest BCUT2D eigenvalue weighted by Crippen LogP contribution is 2.39. The smallest absolute Gasteiger partial charge is 0.320 e. The highest BCUT2D eigenvalue weighted by Gasteiger charge is 2.45. The van der Waals surface area contributed by atoms with Crippen LogP contribution in [0.25, 0.3) is 0 Å². The summed E-state index contributed by atoms with van der Waals surface area (Å²) in [5, 5.41) is 1.86. The molecular formula is C18H24O5S. The molecule has 0 saturated heterocycles. The van der Waals surface area contributed by atoms with Gasteiger partial charge in [-0.2, -0.15) is 0 Å². The molecule has 0 amide bonds. The first kappa shape index (κ1) is 18.6. The van der Waals surface area contributed by atoms with Crippen LogP contribution in [0.4, 0.5) is 0 Å². The highest BCUT2D eigenvalue weighted by atomic mass is 32.1. The number of ether oxygens (including phenoxy) is 2. The summed E-state index contributed by atoms with van der Waals surface area (Å²) in [6.45, 7) is 3.81. The van der Waals surface area contributed by atoms with Crippen molar-refractivity contribution < 1.29 is 23.9 Å². The lowest BCUT2D eigenvalue weighted by Crippen LogP contribution is -2.41. The molecule has 2 atom stereocenters. The Balaban J connectivity index is 2.28. The molecule has 0 spiro atoms.